The maximum atomic E-state index is 12.1. The van der Waals surface area contributed by atoms with E-state index in [0.29, 0.717) is 10.2 Å². The van der Waals surface area contributed by atoms with Gasteiger partial charge in [0.1, 0.15) is 0 Å². The molecule has 138 valence electrons. The quantitative estimate of drug-likeness (QED) is 0.517. The molecule has 0 radical (unpaired) electrons. The molecule has 0 aliphatic rings. The van der Waals surface area contributed by atoms with Crippen molar-refractivity contribution in [3.63, 3.8) is 0 Å². The maximum absolute atomic E-state index is 12.1. The number of hydrogen-bond donors (Lipinski definition) is 1. The Labute approximate surface area is 168 Å². The topological polar surface area (TPSA) is 42.0 Å². The molecule has 2 aromatic carbocycles. The maximum Gasteiger partial charge on any atom is 0.250 e. The van der Waals surface area contributed by atoms with Crippen LogP contribution in [0.1, 0.15) is 31.9 Å². The molecule has 27 heavy (non-hydrogen) atoms. The number of nitrogens with zero attached hydrogens (tertiary/aromatic N) is 1. The van der Waals surface area contributed by atoms with Crippen LogP contribution in [0.15, 0.2) is 60.0 Å². The van der Waals surface area contributed by atoms with Gasteiger partial charge in [-0.3, -0.25) is 10.1 Å². The van der Waals surface area contributed by atoms with Crippen LogP contribution in [0.3, 0.4) is 0 Å². The molecule has 5 heteroatoms. The fourth-order valence-corrected chi connectivity index (χ4v) is 3.46. The third-order valence-corrected chi connectivity index (χ3v) is 5.05. The molecular weight excluding hydrogens is 376 g/mol. The van der Waals surface area contributed by atoms with Crippen LogP contribution in [-0.2, 0) is 10.2 Å². The molecule has 0 bridgehead atoms. The number of nitrogens with one attached hydrogen (secondary N) is 1. The highest BCUT2D eigenvalue weighted by Crippen LogP contribution is 2.28. The Morgan fingerprint density at radius 3 is 2.56 bits per heavy atom. The molecular formula is C22H21ClN2OS. The summed E-state index contributed by atoms with van der Waals surface area (Å²) in [6.07, 6.45) is 3.20. The third-order valence-electron chi connectivity index (χ3n) is 4.06. The summed E-state index contributed by atoms with van der Waals surface area (Å²) in [4.78, 5) is 16.6. The molecule has 1 aromatic heterocycles. The minimum atomic E-state index is -0.223. The highest BCUT2D eigenvalue weighted by Gasteiger charge is 2.14. The molecule has 3 rings (SSSR count). The zero-order valence-electron chi connectivity index (χ0n) is 15.5. The number of hydrogen-bond acceptors (Lipinski definition) is 3. The first kappa shape index (κ1) is 19.3. The Bertz CT molecular complexity index is 968. The van der Waals surface area contributed by atoms with E-state index in [1.807, 2.05) is 17.5 Å². The van der Waals surface area contributed by atoms with Crippen LogP contribution in [0.4, 0.5) is 5.13 Å². The van der Waals surface area contributed by atoms with E-state index < -0.39 is 0 Å². The minimum Gasteiger partial charge on any atom is -0.298 e. The molecule has 0 unspecified atom stereocenters. The standard InChI is InChI=1S/C22H21ClN2OS/c1-22(2,3)17-10-8-16(9-11-17)19-14-27-21(24-19)25-20(26)12-7-15-5-4-6-18(23)13-15/h4-14H,1-3H3,(H,24,25,26)/b12-7+. The highest BCUT2D eigenvalue weighted by atomic mass is 35.5. The summed E-state index contributed by atoms with van der Waals surface area (Å²) in [5.74, 6) is -0.223. The van der Waals surface area contributed by atoms with Gasteiger partial charge in [-0.1, -0.05) is 68.8 Å². The molecule has 0 aliphatic carbocycles. The van der Waals surface area contributed by atoms with Crippen LogP contribution in [0, 0.1) is 0 Å². The number of benzene rings is 2. The van der Waals surface area contributed by atoms with E-state index in [9.17, 15) is 4.79 Å². The van der Waals surface area contributed by atoms with Crippen molar-refractivity contribution in [2.75, 3.05) is 5.32 Å². The zero-order chi connectivity index (χ0) is 19.4. The van der Waals surface area contributed by atoms with Crippen LogP contribution in [0.5, 0.6) is 0 Å². The van der Waals surface area contributed by atoms with E-state index in [0.717, 1.165) is 16.8 Å². The molecule has 1 heterocycles. The Kier molecular flexibility index (Phi) is 5.78. The second-order valence-corrected chi connectivity index (χ2v) is 8.54. The lowest BCUT2D eigenvalue weighted by Gasteiger charge is -2.18. The fourth-order valence-electron chi connectivity index (χ4n) is 2.53. The molecule has 0 aliphatic heterocycles. The Balaban J connectivity index is 1.66. The van der Waals surface area contributed by atoms with Gasteiger partial charge in [0.2, 0.25) is 5.91 Å². The average Bonchev–Trinajstić information content (AvgIpc) is 3.08. The van der Waals surface area contributed by atoms with Gasteiger partial charge in [-0.05, 0) is 34.8 Å². The Hall–Kier alpha value is -2.43. The summed E-state index contributed by atoms with van der Waals surface area (Å²) in [6, 6.07) is 15.7. The Morgan fingerprint density at radius 2 is 1.89 bits per heavy atom. The van der Waals surface area contributed by atoms with Gasteiger partial charge >= 0.3 is 0 Å². The first-order valence-electron chi connectivity index (χ1n) is 8.62. The molecule has 1 N–H and O–H groups in total. The van der Waals surface area contributed by atoms with Crippen molar-refractivity contribution in [3.05, 3.63) is 76.1 Å². The molecule has 3 nitrogen and oxygen atoms in total. The van der Waals surface area contributed by atoms with E-state index >= 15 is 0 Å². The predicted molar refractivity (Wildman–Crippen MR) is 115 cm³/mol. The number of thiazole rings is 1. The van der Waals surface area contributed by atoms with Crippen molar-refractivity contribution in [1.29, 1.82) is 0 Å². The molecule has 3 aromatic rings. The van der Waals surface area contributed by atoms with Crippen LogP contribution in [-0.4, -0.2) is 10.9 Å². The Morgan fingerprint density at radius 1 is 1.15 bits per heavy atom. The normalized spacial score (nSPS) is 11.7. The van der Waals surface area contributed by atoms with Crippen LogP contribution in [0.25, 0.3) is 17.3 Å². The largest absolute Gasteiger partial charge is 0.298 e. The number of halogens is 1. The highest BCUT2D eigenvalue weighted by molar-refractivity contribution is 7.14. The average molecular weight is 397 g/mol. The van der Waals surface area contributed by atoms with Gasteiger partial charge in [0.15, 0.2) is 5.13 Å². The smallest absolute Gasteiger partial charge is 0.250 e. The fraction of sp³-hybridized carbons (Fsp3) is 0.182. The van der Waals surface area contributed by atoms with Gasteiger partial charge in [0.25, 0.3) is 0 Å². The molecule has 0 atom stereocenters. The summed E-state index contributed by atoms with van der Waals surface area (Å²) < 4.78 is 0. The monoisotopic (exact) mass is 396 g/mol. The minimum absolute atomic E-state index is 0.120. The zero-order valence-corrected chi connectivity index (χ0v) is 17.1. The number of rotatable bonds is 4. The first-order chi connectivity index (χ1) is 12.8. The lowest BCUT2D eigenvalue weighted by atomic mass is 9.86. The lowest BCUT2D eigenvalue weighted by molar-refractivity contribution is -0.111. The van der Waals surface area contributed by atoms with Crippen LogP contribution < -0.4 is 5.32 Å². The van der Waals surface area contributed by atoms with Crippen molar-refractivity contribution >= 4 is 40.1 Å². The van der Waals surface area contributed by atoms with Gasteiger partial charge in [-0.15, -0.1) is 11.3 Å². The van der Waals surface area contributed by atoms with E-state index in [4.69, 9.17) is 11.6 Å². The molecule has 1 amide bonds. The van der Waals surface area contributed by atoms with Crippen LogP contribution in [0.2, 0.25) is 5.02 Å². The number of carbonyl (C=O) groups is 1. The van der Waals surface area contributed by atoms with E-state index in [2.05, 4.69) is 55.3 Å². The van der Waals surface area contributed by atoms with E-state index in [1.54, 1.807) is 18.2 Å². The van der Waals surface area contributed by atoms with Crippen molar-refractivity contribution in [1.82, 2.24) is 4.98 Å². The lowest BCUT2D eigenvalue weighted by Crippen LogP contribution is -2.10. The van der Waals surface area contributed by atoms with Crippen molar-refractivity contribution in [2.45, 2.75) is 26.2 Å². The van der Waals surface area contributed by atoms with Gasteiger partial charge < -0.3 is 0 Å². The number of anilines is 1. The summed E-state index contributed by atoms with van der Waals surface area (Å²) in [5, 5.41) is 5.96. The summed E-state index contributed by atoms with van der Waals surface area (Å²) in [6.45, 7) is 6.57. The summed E-state index contributed by atoms with van der Waals surface area (Å²) in [5.41, 5.74) is 4.16. The molecule has 0 spiro atoms. The van der Waals surface area contributed by atoms with E-state index in [1.165, 1.54) is 23.0 Å². The molecule has 0 saturated heterocycles. The summed E-state index contributed by atoms with van der Waals surface area (Å²) >= 11 is 7.35. The number of carbonyl (C=O) groups excluding carboxylic acids is 1. The first-order valence-corrected chi connectivity index (χ1v) is 9.88. The predicted octanol–water partition coefficient (Wildman–Crippen LogP) is 6.41. The van der Waals surface area contributed by atoms with Crippen molar-refractivity contribution in [2.24, 2.45) is 0 Å². The third kappa shape index (κ3) is 5.28. The number of aromatic nitrogens is 1. The molecule has 0 fully saturated rings. The van der Waals surface area contributed by atoms with E-state index in [-0.39, 0.29) is 11.3 Å². The summed E-state index contributed by atoms with van der Waals surface area (Å²) in [7, 11) is 0. The van der Waals surface area contributed by atoms with Gasteiger partial charge in [0, 0.05) is 22.0 Å². The van der Waals surface area contributed by atoms with Gasteiger partial charge in [-0.2, -0.15) is 0 Å². The molecule has 0 saturated carbocycles. The second kappa shape index (κ2) is 8.07. The van der Waals surface area contributed by atoms with Crippen molar-refractivity contribution in [3.8, 4) is 11.3 Å². The second-order valence-electron chi connectivity index (χ2n) is 7.24. The SMILES string of the molecule is CC(C)(C)c1ccc(-c2csc(NC(=O)/C=C/c3cccc(Cl)c3)n2)cc1. The van der Waals surface area contributed by atoms with Gasteiger partial charge in [-0.25, -0.2) is 4.98 Å². The van der Waals surface area contributed by atoms with Crippen LogP contribution >= 0.6 is 22.9 Å². The number of amides is 1. The van der Waals surface area contributed by atoms with Gasteiger partial charge in [0.05, 0.1) is 5.69 Å². The van der Waals surface area contributed by atoms with Crippen molar-refractivity contribution < 1.29 is 4.79 Å².